The second-order valence-electron chi connectivity index (χ2n) is 7.12. The van der Waals surface area contributed by atoms with Gasteiger partial charge in [0.05, 0.1) is 11.7 Å². The van der Waals surface area contributed by atoms with Crippen molar-refractivity contribution in [3.63, 3.8) is 0 Å². The number of thiazole rings is 1. The lowest BCUT2D eigenvalue weighted by molar-refractivity contribution is -0.119. The van der Waals surface area contributed by atoms with Gasteiger partial charge in [0.25, 0.3) is 0 Å². The largest absolute Gasteiger partial charge is 0.350 e. The van der Waals surface area contributed by atoms with E-state index in [4.69, 9.17) is 0 Å². The molecule has 1 atom stereocenters. The summed E-state index contributed by atoms with van der Waals surface area (Å²) in [6.07, 6.45) is 1.13. The second kappa shape index (κ2) is 9.47. The summed E-state index contributed by atoms with van der Waals surface area (Å²) >= 11 is 1.42. The maximum Gasteiger partial charge on any atom is 0.226 e. The van der Waals surface area contributed by atoms with Crippen molar-refractivity contribution in [1.29, 1.82) is 0 Å². The minimum absolute atomic E-state index is 0.0353. The Bertz CT molecular complexity index is 995. The summed E-state index contributed by atoms with van der Waals surface area (Å²) in [5.41, 5.74) is 5.19. The molecule has 1 heterocycles. The van der Waals surface area contributed by atoms with Crippen LogP contribution in [0.1, 0.15) is 43.0 Å². The van der Waals surface area contributed by atoms with E-state index in [2.05, 4.69) is 21.7 Å². The molecule has 0 bridgehead atoms. The van der Waals surface area contributed by atoms with Gasteiger partial charge in [-0.25, -0.2) is 4.98 Å². The molecule has 2 N–H and O–H groups in total. The van der Waals surface area contributed by atoms with Crippen molar-refractivity contribution in [3.8, 4) is 11.3 Å². The number of aromatic nitrogens is 1. The van der Waals surface area contributed by atoms with Gasteiger partial charge in [0.15, 0.2) is 5.13 Å². The van der Waals surface area contributed by atoms with E-state index in [1.165, 1.54) is 23.8 Å². The lowest BCUT2D eigenvalue weighted by Crippen LogP contribution is -2.23. The molecular weight excluding hydrogens is 382 g/mol. The van der Waals surface area contributed by atoms with Crippen molar-refractivity contribution in [3.05, 3.63) is 70.6 Å². The molecule has 0 aliphatic heterocycles. The summed E-state index contributed by atoms with van der Waals surface area (Å²) in [7, 11) is 0. The highest BCUT2D eigenvalue weighted by Gasteiger charge is 2.10. The zero-order chi connectivity index (χ0) is 20.8. The maximum absolute atomic E-state index is 12.2. The lowest BCUT2D eigenvalue weighted by atomic mass is 10.1. The Kier molecular flexibility index (Phi) is 6.77. The van der Waals surface area contributed by atoms with Crippen LogP contribution in [0, 0.1) is 6.92 Å². The predicted octanol–water partition coefficient (Wildman–Crippen LogP) is 4.89. The van der Waals surface area contributed by atoms with E-state index in [0.717, 1.165) is 22.4 Å². The van der Waals surface area contributed by atoms with Gasteiger partial charge in [-0.1, -0.05) is 54.1 Å². The highest BCUT2D eigenvalue weighted by Crippen LogP contribution is 2.26. The zero-order valence-electron chi connectivity index (χ0n) is 16.9. The molecule has 5 nitrogen and oxygen atoms in total. The minimum Gasteiger partial charge on any atom is -0.350 e. The molecular formula is C23H25N3O2S. The lowest BCUT2D eigenvalue weighted by Gasteiger charge is -2.13. The number of benzene rings is 2. The quantitative estimate of drug-likeness (QED) is 0.586. The fourth-order valence-electron chi connectivity index (χ4n) is 3.10. The van der Waals surface area contributed by atoms with E-state index >= 15 is 0 Å². The number of rotatable bonds is 7. The Hall–Kier alpha value is -2.99. The van der Waals surface area contributed by atoms with Crippen LogP contribution in [0.4, 0.5) is 5.13 Å². The smallest absolute Gasteiger partial charge is 0.226 e. The molecule has 0 radical (unpaired) electrons. The van der Waals surface area contributed by atoms with Crippen molar-refractivity contribution in [2.45, 2.75) is 39.7 Å². The predicted molar refractivity (Wildman–Crippen MR) is 118 cm³/mol. The molecule has 0 saturated heterocycles. The Morgan fingerprint density at radius 1 is 1.14 bits per heavy atom. The number of carbonyl (C=O) groups is 2. The standard InChI is InChI=1S/C23H25N3O2S/c1-15-5-4-6-18(13-15)7-12-22(28)26-23-25-21(14-29-23)20-10-8-19(9-11-20)16(2)24-17(3)27/h4-6,8-11,13-14,16H,7,12H2,1-3H3,(H,24,27)(H,25,26,28). The van der Waals surface area contributed by atoms with Crippen LogP contribution >= 0.6 is 11.3 Å². The van der Waals surface area contributed by atoms with Crippen molar-refractivity contribution < 1.29 is 9.59 Å². The van der Waals surface area contributed by atoms with E-state index in [0.29, 0.717) is 18.0 Å². The molecule has 3 rings (SSSR count). The maximum atomic E-state index is 12.2. The van der Waals surface area contributed by atoms with Crippen molar-refractivity contribution in [1.82, 2.24) is 10.3 Å². The average molecular weight is 408 g/mol. The first-order valence-electron chi connectivity index (χ1n) is 9.59. The summed E-state index contributed by atoms with van der Waals surface area (Å²) in [6.45, 7) is 5.51. The Morgan fingerprint density at radius 2 is 1.90 bits per heavy atom. The zero-order valence-corrected chi connectivity index (χ0v) is 17.7. The Labute approximate surface area is 175 Å². The number of nitrogens with zero attached hydrogens (tertiary/aromatic N) is 1. The van der Waals surface area contributed by atoms with E-state index in [1.54, 1.807) is 0 Å². The molecule has 150 valence electrons. The van der Waals surface area contributed by atoms with Crippen LogP contribution in [0.3, 0.4) is 0 Å². The molecule has 0 saturated carbocycles. The van der Waals surface area contributed by atoms with Gasteiger partial charge in [0.2, 0.25) is 11.8 Å². The topological polar surface area (TPSA) is 71.1 Å². The van der Waals surface area contributed by atoms with Crippen LogP contribution in [0.25, 0.3) is 11.3 Å². The molecule has 2 amide bonds. The first-order valence-corrected chi connectivity index (χ1v) is 10.5. The summed E-state index contributed by atoms with van der Waals surface area (Å²) < 4.78 is 0. The van der Waals surface area contributed by atoms with E-state index < -0.39 is 0 Å². The summed E-state index contributed by atoms with van der Waals surface area (Å²) in [4.78, 5) is 28.0. The van der Waals surface area contributed by atoms with Crippen LogP contribution in [-0.2, 0) is 16.0 Å². The van der Waals surface area contributed by atoms with Crippen LogP contribution in [0.2, 0.25) is 0 Å². The number of amides is 2. The summed E-state index contributed by atoms with van der Waals surface area (Å²) in [6, 6.07) is 16.1. The number of anilines is 1. The van der Waals surface area contributed by atoms with E-state index in [-0.39, 0.29) is 17.9 Å². The Morgan fingerprint density at radius 3 is 2.59 bits per heavy atom. The van der Waals surface area contributed by atoms with Gasteiger partial charge in [-0.05, 0) is 31.4 Å². The molecule has 0 spiro atoms. The average Bonchev–Trinajstić information content (AvgIpc) is 3.14. The second-order valence-corrected chi connectivity index (χ2v) is 7.98. The first-order chi connectivity index (χ1) is 13.9. The highest BCUT2D eigenvalue weighted by molar-refractivity contribution is 7.14. The van der Waals surface area contributed by atoms with Gasteiger partial charge in [-0.15, -0.1) is 11.3 Å². The van der Waals surface area contributed by atoms with Crippen molar-refractivity contribution in [2.24, 2.45) is 0 Å². The molecule has 1 unspecified atom stereocenters. The van der Waals surface area contributed by atoms with Gasteiger partial charge in [0.1, 0.15) is 0 Å². The minimum atomic E-state index is -0.0520. The third-order valence-corrected chi connectivity index (χ3v) is 5.36. The van der Waals surface area contributed by atoms with Crippen LogP contribution in [0.15, 0.2) is 53.9 Å². The summed E-state index contributed by atoms with van der Waals surface area (Å²) in [5, 5.41) is 8.29. The number of nitrogens with one attached hydrogen (secondary N) is 2. The number of aryl methyl sites for hydroxylation is 2. The van der Waals surface area contributed by atoms with Crippen LogP contribution < -0.4 is 10.6 Å². The number of hydrogen-bond donors (Lipinski definition) is 2. The van der Waals surface area contributed by atoms with Gasteiger partial charge in [0, 0.05) is 24.3 Å². The van der Waals surface area contributed by atoms with Gasteiger partial charge < -0.3 is 10.6 Å². The van der Waals surface area contributed by atoms with Gasteiger partial charge >= 0.3 is 0 Å². The van der Waals surface area contributed by atoms with Crippen LogP contribution in [-0.4, -0.2) is 16.8 Å². The SMILES string of the molecule is CC(=O)NC(C)c1ccc(-c2csc(NC(=O)CCc3cccc(C)c3)n2)cc1. The molecule has 29 heavy (non-hydrogen) atoms. The molecule has 6 heteroatoms. The van der Waals surface area contributed by atoms with E-state index in [1.807, 2.05) is 61.7 Å². The number of hydrogen-bond acceptors (Lipinski definition) is 4. The molecule has 2 aromatic carbocycles. The highest BCUT2D eigenvalue weighted by atomic mass is 32.1. The fourth-order valence-corrected chi connectivity index (χ4v) is 3.84. The molecule has 1 aromatic heterocycles. The molecule has 0 fully saturated rings. The van der Waals surface area contributed by atoms with E-state index in [9.17, 15) is 9.59 Å². The molecule has 0 aliphatic rings. The summed E-state index contributed by atoms with van der Waals surface area (Å²) in [5.74, 6) is -0.0873. The Balaban J connectivity index is 1.57. The monoisotopic (exact) mass is 407 g/mol. The van der Waals surface area contributed by atoms with Gasteiger partial charge in [-0.2, -0.15) is 0 Å². The normalized spacial score (nSPS) is 11.7. The van der Waals surface area contributed by atoms with Crippen molar-refractivity contribution in [2.75, 3.05) is 5.32 Å². The van der Waals surface area contributed by atoms with Gasteiger partial charge in [-0.3, -0.25) is 9.59 Å². The molecule has 3 aromatic rings. The fraction of sp³-hybridized carbons (Fsp3) is 0.261. The number of carbonyl (C=O) groups excluding carboxylic acids is 2. The van der Waals surface area contributed by atoms with Crippen LogP contribution in [0.5, 0.6) is 0 Å². The third kappa shape index (κ3) is 5.99. The van der Waals surface area contributed by atoms with Crippen molar-refractivity contribution >= 4 is 28.3 Å². The first kappa shape index (κ1) is 20.7. The molecule has 0 aliphatic carbocycles. The third-order valence-electron chi connectivity index (χ3n) is 4.60.